The smallest absolute Gasteiger partial charge is 0.202 e. The van der Waals surface area contributed by atoms with E-state index in [2.05, 4.69) is 15.9 Å². The third kappa shape index (κ3) is 4.30. The van der Waals surface area contributed by atoms with Crippen LogP contribution in [0.1, 0.15) is 25.0 Å². The quantitative estimate of drug-likeness (QED) is 0.496. The van der Waals surface area contributed by atoms with E-state index in [4.69, 9.17) is 0 Å². The average Bonchev–Trinajstić information content (AvgIpc) is 2.30. The predicted octanol–water partition coefficient (Wildman–Crippen LogP) is 5.24. The maximum absolute atomic E-state index is 14.0. The van der Waals surface area contributed by atoms with Crippen LogP contribution in [-0.4, -0.2) is 18.0 Å². The Morgan fingerprint density at radius 2 is 1.53 bits per heavy atom. The summed E-state index contributed by atoms with van der Waals surface area (Å²) < 4.78 is 28.0. The highest BCUT2D eigenvalue weighted by Gasteiger charge is 2.36. The van der Waals surface area contributed by atoms with E-state index < -0.39 is 13.6 Å². The molecule has 0 spiro atoms. The second kappa shape index (κ2) is 6.80. The van der Waals surface area contributed by atoms with Crippen molar-refractivity contribution in [1.29, 1.82) is 0 Å². The summed E-state index contributed by atoms with van der Waals surface area (Å²) in [6, 6.07) is 7.42. The molecule has 0 saturated heterocycles. The predicted molar refractivity (Wildman–Crippen MR) is 75.7 cm³/mol. The number of benzene rings is 1. The van der Waals surface area contributed by atoms with Crippen molar-refractivity contribution in [2.24, 2.45) is 0 Å². The number of rotatable bonds is 6. The van der Waals surface area contributed by atoms with E-state index in [-0.39, 0.29) is 6.42 Å². The van der Waals surface area contributed by atoms with Gasteiger partial charge in [-0.15, -0.1) is 0 Å². The zero-order valence-electron chi connectivity index (χ0n) is 10.2. The molecule has 1 rings (SSSR count). The highest BCUT2D eigenvalue weighted by Crippen LogP contribution is 2.52. The molecule has 1 aromatic rings. The van der Waals surface area contributed by atoms with Gasteiger partial charge in [0.15, 0.2) is 0 Å². The minimum atomic E-state index is -2.53. The Balaban J connectivity index is 2.74. The first kappa shape index (κ1) is 15.0. The molecule has 0 unspecified atom stereocenters. The molecule has 0 fully saturated rings. The largest absolute Gasteiger partial charge is 0.268 e. The van der Waals surface area contributed by atoms with Gasteiger partial charge in [-0.3, -0.25) is 0 Å². The molecule has 0 radical (unpaired) electrons. The van der Waals surface area contributed by atoms with E-state index in [1.807, 2.05) is 38.1 Å². The highest BCUT2D eigenvalue weighted by molar-refractivity contribution is 9.08. The minimum Gasteiger partial charge on any atom is -0.202 e. The van der Waals surface area contributed by atoms with Crippen LogP contribution in [0.15, 0.2) is 24.3 Å². The lowest BCUT2D eigenvalue weighted by atomic mass is 10.1. The van der Waals surface area contributed by atoms with Gasteiger partial charge in [-0.25, -0.2) is 8.78 Å². The lowest BCUT2D eigenvalue weighted by Crippen LogP contribution is -2.19. The van der Waals surface area contributed by atoms with Gasteiger partial charge in [-0.2, -0.15) is 0 Å². The molecule has 1 aromatic carbocycles. The molecule has 0 N–H and O–H groups in total. The molecule has 17 heavy (non-hydrogen) atoms. The highest BCUT2D eigenvalue weighted by atomic mass is 79.9. The zero-order valence-corrected chi connectivity index (χ0v) is 12.7. The molecule has 0 atom stereocenters. The summed E-state index contributed by atoms with van der Waals surface area (Å²) in [4.78, 5) is 0. The van der Waals surface area contributed by atoms with Gasteiger partial charge in [0, 0.05) is 11.8 Å². The fraction of sp³-hybridized carbons (Fsp3) is 0.538. The van der Waals surface area contributed by atoms with Crippen LogP contribution >= 0.6 is 23.9 Å². The first-order chi connectivity index (χ1) is 8.03. The van der Waals surface area contributed by atoms with Crippen molar-refractivity contribution in [3.63, 3.8) is 0 Å². The summed E-state index contributed by atoms with van der Waals surface area (Å²) in [5.74, 6) is 0. The third-order valence-corrected chi connectivity index (χ3v) is 6.08. The molecule has 0 aliphatic heterocycles. The van der Waals surface area contributed by atoms with Crippen molar-refractivity contribution in [2.45, 2.75) is 31.3 Å². The van der Waals surface area contributed by atoms with E-state index in [1.54, 1.807) is 0 Å². The molecule has 0 nitrogen and oxygen atoms in total. The minimum absolute atomic E-state index is 0.122. The number of hydrogen-bond acceptors (Lipinski definition) is 0. The van der Waals surface area contributed by atoms with Gasteiger partial charge in [0.05, 0.1) is 0 Å². The van der Waals surface area contributed by atoms with Crippen molar-refractivity contribution in [3.05, 3.63) is 35.4 Å². The maximum Gasteiger partial charge on any atom is 0.268 e. The van der Waals surface area contributed by atoms with Crippen LogP contribution < -0.4 is 0 Å². The summed E-state index contributed by atoms with van der Waals surface area (Å²) in [7, 11) is -1.18. The summed E-state index contributed by atoms with van der Waals surface area (Å²) >= 11 is 3.34. The number of alkyl halides is 3. The lowest BCUT2D eigenvalue weighted by Gasteiger charge is -2.25. The van der Waals surface area contributed by atoms with Crippen LogP contribution in [0.4, 0.5) is 8.78 Å². The first-order valence-electron chi connectivity index (χ1n) is 5.80. The van der Waals surface area contributed by atoms with Crippen LogP contribution in [0.5, 0.6) is 0 Å². The topological polar surface area (TPSA) is 0 Å². The lowest BCUT2D eigenvalue weighted by molar-refractivity contribution is 0.0984. The first-order valence-corrected chi connectivity index (χ1v) is 8.63. The Morgan fingerprint density at radius 1 is 1.06 bits per heavy atom. The van der Waals surface area contributed by atoms with Gasteiger partial charge in [0.2, 0.25) is 0 Å². The van der Waals surface area contributed by atoms with Crippen molar-refractivity contribution < 1.29 is 8.78 Å². The Kier molecular flexibility index (Phi) is 6.02. The summed E-state index contributed by atoms with van der Waals surface area (Å²) in [5, 5.41) is 0.764. The Morgan fingerprint density at radius 3 is 1.94 bits per heavy atom. The summed E-state index contributed by atoms with van der Waals surface area (Å²) in [6.45, 7) is 3.72. The molecular formula is C13H18BrF2P. The standard InChI is InChI=1S/C13H18BrF2P/c1-3-17(4-2)13(15,16)9-11-5-7-12(10-14)8-6-11/h5-8H,3-4,9-10H2,1-2H3. The van der Waals surface area contributed by atoms with E-state index in [1.165, 1.54) is 0 Å². The molecule has 0 aromatic heterocycles. The van der Waals surface area contributed by atoms with Gasteiger partial charge in [0.25, 0.3) is 5.66 Å². The molecule has 0 aliphatic carbocycles. The van der Waals surface area contributed by atoms with Crippen LogP contribution in [0, 0.1) is 0 Å². The monoisotopic (exact) mass is 322 g/mol. The third-order valence-electron chi connectivity index (χ3n) is 2.82. The van der Waals surface area contributed by atoms with Crippen molar-refractivity contribution in [2.75, 3.05) is 12.3 Å². The maximum atomic E-state index is 14.0. The van der Waals surface area contributed by atoms with E-state index in [0.29, 0.717) is 12.3 Å². The van der Waals surface area contributed by atoms with Crippen LogP contribution in [-0.2, 0) is 11.8 Å². The van der Waals surface area contributed by atoms with Crippen LogP contribution in [0.2, 0.25) is 0 Å². The Labute approximate surface area is 112 Å². The van der Waals surface area contributed by atoms with Gasteiger partial charge < -0.3 is 0 Å². The van der Waals surface area contributed by atoms with Crippen molar-refractivity contribution >= 4 is 23.9 Å². The molecule has 0 heterocycles. The second-order valence-corrected chi connectivity index (χ2v) is 7.52. The van der Waals surface area contributed by atoms with Gasteiger partial charge >= 0.3 is 0 Å². The molecule has 4 heteroatoms. The normalized spacial score (nSPS) is 12.1. The molecule has 0 aliphatic rings. The fourth-order valence-corrected chi connectivity index (χ4v) is 3.94. The number of hydrogen-bond donors (Lipinski definition) is 0. The van der Waals surface area contributed by atoms with Crippen LogP contribution in [0.25, 0.3) is 0 Å². The van der Waals surface area contributed by atoms with E-state index in [0.717, 1.165) is 16.5 Å². The van der Waals surface area contributed by atoms with Gasteiger partial charge in [0.1, 0.15) is 0 Å². The summed E-state index contributed by atoms with van der Waals surface area (Å²) in [5.41, 5.74) is -0.686. The summed E-state index contributed by atoms with van der Waals surface area (Å²) in [6.07, 6.45) is 1.07. The Hall–Kier alpha value is -0.0100. The Bertz CT molecular complexity index is 334. The molecule has 96 valence electrons. The molecule has 0 amide bonds. The molecular weight excluding hydrogens is 305 g/mol. The van der Waals surface area contributed by atoms with Crippen LogP contribution in [0.3, 0.4) is 0 Å². The fourth-order valence-electron chi connectivity index (χ4n) is 1.79. The van der Waals surface area contributed by atoms with Crippen molar-refractivity contribution in [1.82, 2.24) is 0 Å². The van der Waals surface area contributed by atoms with Gasteiger partial charge in [-0.05, 0) is 31.4 Å². The van der Waals surface area contributed by atoms with Gasteiger partial charge in [-0.1, -0.05) is 54.0 Å². The molecule has 0 bridgehead atoms. The average molecular weight is 323 g/mol. The number of halogens is 3. The molecule has 0 saturated carbocycles. The second-order valence-electron chi connectivity index (χ2n) is 3.97. The SMILES string of the molecule is CCP(CC)C(F)(F)Cc1ccc(CBr)cc1. The van der Waals surface area contributed by atoms with E-state index in [9.17, 15) is 8.78 Å². The van der Waals surface area contributed by atoms with E-state index >= 15 is 0 Å². The van der Waals surface area contributed by atoms with Crippen molar-refractivity contribution in [3.8, 4) is 0 Å². The zero-order chi connectivity index (χ0) is 12.9.